The second-order valence-corrected chi connectivity index (χ2v) is 6.96. The third-order valence-corrected chi connectivity index (χ3v) is 5.41. The highest BCUT2D eigenvalue weighted by atomic mass is 16.5. The molecule has 1 aliphatic rings. The van der Waals surface area contributed by atoms with Crippen molar-refractivity contribution in [2.45, 2.75) is 0 Å². The molecule has 3 heteroatoms. The molecule has 0 bridgehead atoms. The van der Waals surface area contributed by atoms with Crippen LogP contribution in [-0.2, 0) is 0 Å². The summed E-state index contributed by atoms with van der Waals surface area (Å²) < 4.78 is 5.78. The van der Waals surface area contributed by atoms with Gasteiger partial charge in [-0.3, -0.25) is 0 Å². The zero-order valence-corrected chi connectivity index (χ0v) is 15.7. The van der Waals surface area contributed by atoms with E-state index in [1.807, 2.05) is 0 Å². The smallest absolute Gasteiger partial charge is 0.328 e. The standard InChI is InChI=1S/C25H20BNO/c1-28-24-18-10-16-22-25(24)21-15-8-9-17-23(21)27(20-13-6-3-7-14-20)26(22)19-11-4-2-5-12-19/h2-18H,1H3. The monoisotopic (exact) mass is 361 g/mol. The van der Waals surface area contributed by atoms with Crippen molar-refractivity contribution in [3.05, 3.63) is 103 Å². The molecule has 0 aromatic heterocycles. The SMILES string of the molecule is COc1cccc2c1-c1ccccc1N(c1ccccc1)B2c1ccccc1. The summed E-state index contributed by atoms with van der Waals surface area (Å²) in [5.41, 5.74) is 7.27. The first-order chi connectivity index (χ1) is 13.9. The number of hydrogen-bond acceptors (Lipinski definition) is 2. The molecule has 4 aromatic rings. The van der Waals surface area contributed by atoms with E-state index in [1.165, 1.54) is 33.4 Å². The fourth-order valence-corrected chi connectivity index (χ4v) is 4.25. The van der Waals surface area contributed by atoms with Crippen LogP contribution < -0.4 is 20.5 Å². The Hall–Kier alpha value is -3.46. The minimum absolute atomic E-state index is 0.0728. The quantitative estimate of drug-likeness (QED) is 0.494. The largest absolute Gasteiger partial charge is 0.496 e. The van der Waals surface area contributed by atoms with Gasteiger partial charge in [0.2, 0.25) is 0 Å². The molecule has 0 unspecified atom stereocenters. The molecule has 0 aliphatic carbocycles. The minimum Gasteiger partial charge on any atom is -0.496 e. The van der Waals surface area contributed by atoms with Gasteiger partial charge in [-0.05, 0) is 29.7 Å². The molecular weight excluding hydrogens is 341 g/mol. The Labute approximate surface area is 166 Å². The number of rotatable bonds is 3. The van der Waals surface area contributed by atoms with E-state index in [4.69, 9.17) is 4.74 Å². The van der Waals surface area contributed by atoms with Gasteiger partial charge in [-0.25, -0.2) is 0 Å². The Bertz CT molecular complexity index is 1110. The van der Waals surface area contributed by atoms with Crippen LogP contribution >= 0.6 is 0 Å². The van der Waals surface area contributed by atoms with Gasteiger partial charge in [0.1, 0.15) is 5.75 Å². The van der Waals surface area contributed by atoms with E-state index in [-0.39, 0.29) is 6.85 Å². The minimum atomic E-state index is 0.0728. The summed E-state index contributed by atoms with van der Waals surface area (Å²) in [5, 5.41) is 0. The molecule has 0 spiro atoms. The molecule has 4 aromatic carbocycles. The summed E-state index contributed by atoms with van der Waals surface area (Å²) in [6, 6.07) is 36.3. The summed E-state index contributed by atoms with van der Waals surface area (Å²) in [7, 11) is 1.75. The third-order valence-electron chi connectivity index (χ3n) is 5.41. The molecule has 5 rings (SSSR count). The number of hydrogen-bond donors (Lipinski definition) is 0. The first-order valence-corrected chi connectivity index (χ1v) is 9.54. The normalized spacial score (nSPS) is 12.3. The summed E-state index contributed by atoms with van der Waals surface area (Å²) in [5.74, 6) is 0.915. The van der Waals surface area contributed by atoms with Crippen LogP contribution in [0.25, 0.3) is 11.1 Å². The van der Waals surface area contributed by atoms with Crippen LogP contribution in [0.5, 0.6) is 5.75 Å². The highest BCUT2D eigenvalue weighted by Crippen LogP contribution is 2.42. The van der Waals surface area contributed by atoms with Crippen molar-refractivity contribution >= 4 is 29.1 Å². The molecule has 0 atom stereocenters. The Kier molecular flexibility index (Phi) is 4.14. The van der Waals surface area contributed by atoms with Gasteiger partial charge in [-0.15, -0.1) is 0 Å². The summed E-state index contributed by atoms with van der Waals surface area (Å²) in [6.07, 6.45) is 0. The average molecular weight is 361 g/mol. The van der Waals surface area contributed by atoms with Crippen molar-refractivity contribution in [1.29, 1.82) is 0 Å². The maximum absolute atomic E-state index is 5.78. The van der Waals surface area contributed by atoms with Gasteiger partial charge in [0.25, 0.3) is 0 Å². The lowest BCUT2D eigenvalue weighted by atomic mass is 9.45. The Morgan fingerprint density at radius 3 is 2.11 bits per heavy atom. The third kappa shape index (κ3) is 2.59. The lowest BCUT2D eigenvalue weighted by Gasteiger charge is -2.39. The molecule has 1 heterocycles. The molecule has 0 N–H and O–H groups in total. The van der Waals surface area contributed by atoms with Crippen LogP contribution in [0.4, 0.5) is 11.4 Å². The van der Waals surface area contributed by atoms with E-state index in [2.05, 4.69) is 108 Å². The van der Waals surface area contributed by atoms with Crippen molar-refractivity contribution in [3.63, 3.8) is 0 Å². The van der Waals surface area contributed by atoms with Crippen molar-refractivity contribution < 1.29 is 4.74 Å². The van der Waals surface area contributed by atoms with Gasteiger partial charge < -0.3 is 9.55 Å². The first-order valence-electron chi connectivity index (χ1n) is 9.54. The topological polar surface area (TPSA) is 12.5 Å². The second kappa shape index (κ2) is 6.93. The van der Waals surface area contributed by atoms with Crippen LogP contribution in [0.2, 0.25) is 0 Å². The van der Waals surface area contributed by atoms with Gasteiger partial charge >= 0.3 is 6.85 Å². The average Bonchev–Trinajstić information content (AvgIpc) is 2.78. The summed E-state index contributed by atoms with van der Waals surface area (Å²) >= 11 is 0. The van der Waals surface area contributed by atoms with E-state index >= 15 is 0 Å². The van der Waals surface area contributed by atoms with Crippen LogP contribution in [-0.4, -0.2) is 14.0 Å². The van der Waals surface area contributed by atoms with Gasteiger partial charge in [0, 0.05) is 22.5 Å². The van der Waals surface area contributed by atoms with E-state index in [9.17, 15) is 0 Å². The number of para-hydroxylation sites is 2. The van der Waals surface area contributed by atoms with Crippen LogP contribution in [0.15, 0.2) is 103 Å². The number of fused-ring (bicyclic) bond motifs is 3. The highest BCUT2D eigenvalue weighted by Gasteiger charge is 2.38. The highest BCUT2D eigenvalue weighted by molar-refractivity contribution is 6.90. The van der Waals surface area contributed by atoms with Gasteiger partial charge in [0.05, 0.1) is 7.11 Å². The van der Waals surface area contributed by atoms with Crippen molar-refractivity contribution in [2.24, 2.45) is 0 Å². The van der Waals surface area contributed by atoms with Gasteiger partial charge in [-0.2, -0.15) is 0 Å². The number of nitrogens with zero attached hydrogens (tertiary/aromatic N) is 1. The number of ether oxygens (including phenoxy) is 1. The van der Waals surface area contributed by atoms with Crippen molar-refractivity contribution in [2.75, 3.05) is 11.9 Å². The lowest BCUT2D eigenvalue weighted by Crippen LogP contribution is -2.57. The van der Waals surface area contributed by atoms with E-state index in [0.717, 1.165) is 5.75 Å². The Morgan fingerprint density at radius 2 is 1.36 bits per heavy atom. The molecule has 0 fully saturated rings. The molecule has 0 radical (unpaired) electrons. The van der Waals surface area contributed by atoms with E-state index in [1.54, 1.807) is 7.11 Å². The number of methoxy groups -OCH3 is 1. The number of anilines is 2. The van der Waals surface area contributed by atoms with Crippen LogP contribution in [0, 0.1) is 0 Å². The van der Waals surface area contributed by atoms with Crippen molar-refractivity contribution in [1.82, 2.24) is 0 Å². The molecule has 2 nitrogen and oxygen atoms in total. The van der Waals surface area contributed by atoms with E-state index in [0.29, 0.717) is 0 Å². The predicted molar refractivity (Wildman–Crippen MR) is 118 cm³/mol. The zero-order chi connectivity index (χ0) is 18.9. The molecular formula is C25H20BNO. The predicted octanol–water partition coefficient (Wildman–Crippen LogP) is 4.62. The molecule has 0 saturated carbocycles. The lowest BCUT2D eigenvalue weighted by molar-refractivity contribution is 0.416. The van der Waals surface area contributed by atoms with Gasteiger partial charge in [-0.1, -0.05) is 84.3 Å². The summed E-state index contributed by atoms with van der Waals surface area (Å²) in [4.78, 5) is 2.44. The molecule has 134 valence electrons. The molecule has 0 saturated heterocycles. The van der Waals surface area contributed by atoms with Crippen LogP contribution in [0.3, 0.4) is 0 Å². The number of benzene rings is 4. The molecule has 1 aliphatic heterocycles. The zero-order valence-electron chi connectivity index (χ0n) is 15.7. The molecule has 0 amide bonds. The summed E-state index contributed by atoms with van der Waals surface area (Å²) in [6.45, 7) is 0.0728. The van der Waals surface area contributed by atoms with Crippen LogP contribution in [0.1, 0.15) is 0 Å². The fraction of sp³-hybridized carbons (Fsp3) is 0.0400. The molecule has 28 heavy (non-hydrogen) atoms. The maximum atomic E-state index is 5.78. The fourth-order valence-electron chi connectivity index (χ4n) is 4.25. The second-order valence-electron chi connectivity index (χ2n) is 6.96. The van der Waals surface area contributed by atoms with Crippen molar-refractivity contribution in [3.8, 4) is 16.9 Å². The first kappa shape index (κ1) is 16.7. The van der Waals surface area contributed by atoms with Gasteiger partial charge in [0.15, 0.2) is 0 Å². The maximum Gasteiger partial charge on any atom is 0.328 e. The Balaban J connectivity index is 1.86. The van der Waals surface area contributed by atoms with E-state index < -0.39 is 0 Å². The Morgan fingerprint density at radius 1 is 0.679 bits per heavy atom.